The Morgan fingerprint density at radius 2 is 2.05 bits per heavy atom. The fourth-order valence-electron chi connectivity index (χ4n) is 2.68. The van der Waals surface area contributed by atoms with Gasteiger partial charge in [-0.15, -0.1) is 6.58 Å². The Labute approximate surface area is 132 Å². The number of sulfonamides is 1. The Morgan fingerprint density at radius 1 is 1.36 bits per heavy atom. The first kappa shape index (κ1) is 17.2. The molecule has 1 aromatic rings. The van der Waals surface area contributed by atoms with E-state index < -0.39 is 25.9 Å². The average molecular weight is 343 g/mol. The van der Waals surface area contributed by atoms with E-state index in [1.165, 1.54) is 10.4 Å². The van der Waals surface area contributed by atoms with Crippen LogP contribution in [0.25, 0.3) is 0 Å². The lowest BCUT2D eigenvalue weighted by Crippen LogP contribution is -2.41. The van der Waals surface area contributed by atoms with E-state index in [1.807, 2.05) is 13.0 Å². The van der Waals surface area contributed by atoms with E-state index in [-0.39, 0.29) is 22.9 Å². The summed E-state index contributed by atoms with van der Waals surface area (Å²) < 4.78 is 50.6. The van der Waals surface area contributed by atoms with Crippen LogP contribution in [-0.2, 0) is 19.9 Å². The summed E-state index contributed by atoms with van der Waals surface area (Å²) in [5.74, 6) is -0.0848. The van der Waals surface area contributed by atoms with Crippen LogP contribution in [0.5, 0.6) is 0 Å². The van der Waals surface area contributed by atoms with E-state index in [2.05, 4.69) is 6.58 Å². The van der Waals surface area contributed by atoms with Crippen LogP contribution in [0.2, 0.25) is 0 Å². The molecule has 0 amide bonds. The number of nitrogens with zero attached hydrogens (tertiary/aromatic N) is 1. The maximum Gasteiger partial charge on any atom is 0.243 e. The van der Waals surface area contributed by atoms with E-state index >= 15 is 0 Å². The van der Waals surface area contributed by atoms with Crippen LogP contribution < -0.4 is 0 Å². The molecule has 0 N–H and O–H groups in total. The van der Waals surface area contributed by atoms with Crippen LogP contribution in [0.1, 0.15) is 17.5 Å². The summed E-state index contributed by atoms with van der Waals surface area (Å²) >= 11 is 0. The molecule has 0 saturated carbocycles. The standard InChI is InChI=1S/C15H21NO4S2/c1-4-8-16(14-7-9-21(17,18)11-14)22(19,20)15-10-12(2)5-6-13(15)3/h4-6,10,14H,1,7-9,11H2,2-3H3/t14-/m1/s1. The van der Waals surface area contributed by atoms with E-state index in [1.54, 1.807) is 19.1 Å². The second-order valence-corrected chi connectivity index (χ2v) is 9.78. The number of aryl methyl sites for hydroxylation is 2. The van der Waals surface area contributed by atoms with Gasteiger partial charge in [0.1, 0.15) is 0 Å². The predicted molar refractivity (Wildman–Crippen MR) is 87.1 cm³/mol. The van der Waals surface area contributed by atoms with Gasteiger partial charge in [-0.1, -0.05) is 18.2 Å². The molecule has 1 heterocycles. The Morgan fingerprint density at radius 3 is 2.59 bits per heavy atom. The molecule has 1 fully saturated rings. The predicted octanol–water partition coefficient (Wildman–Crippen LogP) is 1.67. The summed E-state index contributed by atoms with van der Waals surface area (Å²) in [4.78, 5) is 0.235. The number of sulfone groups is 1. The van der Waals surface area contributed by atoms with Crippen molar-refractivity contribution in [1.82, 2.24) is 4.31 Å². The highest BCUT2D eigenvalue weighted by atomic mass is 32.2. The number of rotatable bonds is 5. The Hall–Kier alpha value is -1.18. The largest absolute Gasteiger partial charge is 0.243 e. The zero-order valence-corrected chi connectivity index (χ0v) is 14.5. The molecule has 0 aromatic heterocycles. The number of hydrogen-bond acceptors (Lipinski definition) is 4. The van der Waals surface area contributed by atoms with E-state index in [0.717, 1.165) is 5.56 Å². The normalized spacial score (nSPS) is 21.1. The quantitative estimate of drug-likeness (QED) is 0.763. The minimum absolute atomic E-state index is 0.0353. The SMILES string of the molecule is C=CCN([C@@H]1CCS(=O)(=O)C1)S(=O)(=O)c1cc(C)ccc1C. The zero-order valence-electron chi connectivity index (χ0n) is 12.8. The molecule has 5 nitrogen and oxygen atoms in total. The van der Waals surface area contributed by atoms with Gasteiger partial charge in [-0.3, -0.25) is 0 Å². The topological polar surface area (TPSA) is 71.5 Å². The van der Waals surface area contributed by atoms with Gasteiger partial charge in [0.15, 0.2) is 9.84 Å². The molecular weight excluding hydrogens is 322 g/mol. The molecule has 1 aromatic carbocycles. The lowest BCUT2D eigenvalue weighted by Gasteiger charge is -2.27. The molecule has 0 aliphatic carbocycles. The van der Waals surface area contributed by atoms with Gasteiger partial charge in [0.05, 0.1) is 16.4 Å². The van der Waals surface area contributed by atoms with Crippen LogP contribution in [0.4, 0.5) is 0 Å². The van der Waals surface area contributed by atoms with Crippen LogP contribution >= 0.6 is 0 Å². The molecule has 0 radical (unpaired) electrons. The van der Waals surface area contributed by atoms with Gasteiger partial charge in [0.2, 0.25) is 10.0 Å². The zero-order chi connectivity index (χ0) is 16.5. The van der Waals surface area contributed by atoms with Crippen molar-refractivity contribution in [2.24, 2.45) is 0 Å². The number of benzene rings is 1. The first-order chi connectivity index (χ1) is 10.2. The van der Waals surface area contributed by atoms with Gasteiger partial charge in [-0.05, 0) is 37.5 Å². The highest BCUT2D eigenvalue weighted by Crippen LogP contribution is 2.27. The molecule has 1 aliphatic heterocycles. The highest BCUT2D eigenvalue weighted by Gasteiger charge is 2.38. The van der Waals surface area contributed by atoms with Crippen LogP contribution in [-0.4, -0.2) is 45.2 Å². The minimum Gasteiger partial charge on any atom is -0.229 e. The van der Waals surface area contributed by atoms with E-state index in [9.17, 15) is 16.8 Å². The third-order valence-electron chi connectivity index (χ3n) is 3.85. The maximum absolute atomic E-state index is 13.0. The van der Waals surface area contributed by atoms with Gasteiger partial charge >= 0.3 is 0 Å². The van der Waals surface area contributed by atoms with Crippen LogP contribution in [0, 0.1) is 13.8 Å². The minimum atomic E-state index is -3.75. The Bertz CT molecular complexity index is 782. The van der Waals surface area contributed by atoms with Crippen molar-refractivity contribution < 1.29 is 16.8 Å². The fraction of sp³-hybridized carbons (Fsp3) is 0.467. The van der Waals surface area contributed by atoms with Crippen molar-refractivity contribution in [3.63, 3.8) is 0 Å². The maximum atomic E-state index is 13.0. The average Bonchev–Trinajstić information content (AvgIpc) is 2.78. The Balaban J connectivity index is 2.47. The van der Waals surface area contributed by atoms with Crippen molar-refractivity contribution in [3.05, 3.63) is 42.0 Å². The molecule has 1 atom stereocenters. The summed E-state index contributed by atoms with van der Waals surface area (Å²) in [6, 6.07) is 4.73. The van der Waals surface area contributed by atoms with E-state index in [0.29, 0.717) is 12.0 Å². The van der Waals surface area contributed by atoms with Crippen molar-refractivity contribution in [2.75, 3.05) is 18.1 Å². The van der Waals surface area contributed by atoms with Gasteiger partial charge in [0.25, 0.3) is 0 Å². The molecule has 2 rings (SSSR count). The number of hydrogen-bond donors (Lipinski definition) is 0. The van der Waals surface area contributed by atoms with Crippen molar-refractivity contribution in [1.29, 1.82) is 0 Å². The third-order valence-corrected chi connectivity index (χ3v) is 7.67. The molecule has 122 valence electrons. The molecule has 0 unspecified atom stereocenters. The molecule has 0 spiro atoms. The first-order valence-corrected chi connectivity index (χ1v) is 10.3. The monoisotopic (exact) mass is 343 g/mol. The van der Waals surface area contributed by atoms with E-state index in [4.69, 9.17) is 0 Å². The second-order valence-electron chi connectivity index (χ2n) is 5.69. The Kier molecular flexibility index (Phi) is 4.79. The van der Waals surface area contributed by atoms with Gasteiger partial charge in [-0.2, -0.15) is 4.31 Å². The van der Waals surface area contributed by atoms with Crippen LogP contribution in [0.15, 0.2) is 35.7 Å². The molecule has 22 heavy (non-hydrogen) atoms. The summed E-state index contributed by atoms with van der Waals surface area (Å²) in [5, 5.41) is 0. The van der Waals surface area contributed by atoms with Crippen molar-refractivity contribution in [3.8, 4) is 0 Å². The lowest BCUT2D eigenvalue weighted by molar-refractivity contribution is 0.367. The van der Waals surface area contributed by atoms with Gasteiger partial charge < -0.3 is 0 Å². The summed E-state index contributed by atoms with van der Waals surface area (Å²) in [7, 11) is -6.91. The summed E-state index contributed by atoms with van der Waals surface area (Å²) in [6.07, 6.45) is 1.83. The molecule has 0 bridgehead atoms. The second kappa shape index (κ2) is 6.14. The lowest BCUT2D eigenvalue weighted by atomic mass is 10.2. The highest BCUT2D eigenvalue weighted by molar-refractivity contribution is 7.92. The van der Waals surface area contributed by atoms with Crippen molar-refractivity contribution in [2.45, 2.75) is 31.2 Å². The molecule has 1 saturated heterocycles. The first-order valence-electron chi connectivity index (χ1n) is 7.08. The fourth-order valence-corrected chi connectivity index (χ4v) is 6.45. The molecule has 7 heteroatoms. The molecular formula is C15H21NO4S2. The van der Waals surface area contributed by atoms with Gasteiger partial charge in [0, 0.05) is 12.6 Å². The third kappa shape index (κ3) is 3.42. The van der Waals surface area contributed by atoms with Crippen molar-refractivity contribution >= 4 is 19.9 Å². The summed E-state index contributed by atoms with van der Waals surface area (Å²) in [5.41, 5.74) is 1.50. The molecule has 1 aliphatic rings. The summed E-state index contributed by atoms with van der Waals surface area (Å²) in [6.45, 7) is 7.28. The van der Waals surface area contributed by atoms with Crippen LogP contribution in [0.3, 0.4) is 0 Å². The van der Waals surface area contributed by atoms with Gasteiger partial charge in [-0.25, -0.2) is 16.8 Å². The smallest absolute Gasteiger partial charge is 0.229 e.